The van der Waals surface area contributed by atoms with Gasteiger partial charge in [0.1, 0.15) is 18.3 Å². The summed E-state index contributed by atoms with van der Waals surface area (Å²) in [4.78, 5) is 14.1. The lowest BCUT2D eigenvalue weighted by Gasteiger charge is -2.01. The molecule has 13 heavy (non-hydrogen) atoms. The molecule has 2 aromatic rings. The van der Waals surface area contributed by atoms with E-state index in [1.165, 1.54) is 17.3 Å². The molecule has 66 valence electrons. The van der Waals surface area contributed by atoms with Crippen LogP contribution in [0.5, 0.6) is 0 Å². The first kappa shape index (κ1) is 7.53. The molecule has 2 N–H and O–H groups in total. The van der Waals surface area contributed by atoms with E-state index in [2.05, 4.69) is 20.6 Å². The first-order valence-corrected chi connectivity index (χ1v) is 3.65. The molecule has 0 saturated heterocycles. The summed E-state index contributed by atoms with van der Waals surface area (Å²) < 4.78 is 1.38. The summed E-state index contributed by atoms with van der Waals surface area (Å²) in [5.74, 6) is -0.232. The van der Waals surface area contributed by atoms with E-state index >= 15 is 0 Å². The van der Waals surface area contributed by atoms with Gasteiger partial charge in [-0.3, -0.25) is 10.2 Å². The number of aromatic nitrogens is 4. The molecule has 0 fully saturated rings. The van der Waals surface area contributed by atoms with Crippen molar-refractivity contribution in [3.63, 3.8) is 0 Å². The Morgan fingerprint density at radius 3 is 2.85 bits per heavy atom. The van der Waals surface area contributed by atoms with Crippen molar-refractivity contribution in [2.24, 2.45) is 0 Å². The van der Waals surface area contributed by atoms with E-state index in [1.807, 2.05) is 0 Å². The Hall–Kier alpha value is -2.11. The standard InChI is InChI=1S/C7H7N5O/c13-7(6-2-1-3-8-6)11-12-4-9-10-5-12/h1-5,8H,(H,11,13). The number of nitrogens with one attached hydrogen (secondary N) is 2. The van der Waals surface area contributed by atoms with Crippen LogP contribution in [0.3, 0.4) is 0 Å². The molecule has 0 aliphatic rings. The normalized spacial score (nSPS) is 9.85. The molecule has 0 bridgehead atoms. The van der Waals surface area contributed by atoms with Crippen LogP contribution in [0.4, 0.5) is 0 Å². The van der Waals surface area contributed by atoms with Crippen LogP contribution in [0.1, 0.15) is 10.5 Å². The van der Waals surface area contributed by atoms with Crippen LogP contribution in [0.15, 0.2) is 31.0 Å². The summed E-state index contributed by atoms with van der Waals surface area (Å²) >= 11 is 0. The lowest BCUT2D eigenvalue weighted by Crippen LogP contribution is -2.21. The first-order chi connectivity index (χ1) is 6.36. The minimum absolute atomic E-state index is 0.232. The maximum Gasteiger partial charge on any atom is 0.286 e. The fourth-order valence-electron chi connectivity index (χ4n) is 0.908. The molecular weight excluding hydrogens is 170 g/mol. The molecule has 6 nitrogen and oxygen atoms in total. The van der Waals surface area contributed by atoms with Crippen LogP contribution in [0.2, 0.25) is 0 Å². The van der Waals surface area contributed by atoms with E-state index in [0.717, 1.165) is 0 Å². The van der Waals surface area contributed by atoms with Crippen LogP contribution < -0.4 is 5.43 Å². The van der Waals surface area contributed by atoms with Crippen molar-refractivity contribution >= 4 is 5.91 Å². The van der Waals surface area contributed by atoms with Gasteiger partial charge in [-0.2, -0.15) is 0 Å². The van der Waals surface area contributed by atoms with Crippen molar-refractivity contribution < 1.29 is 4.79 Å². The maximum absolute atomic E-state index is 11.4. The van der Waals surface area contributed by atoms with E-state index < -0.39 is 0 Å². The lowest BCUT2D eigenvalue weighted by atomic mass is 10.4. The fourth-order valence-corrected chi connectivity index (χ4v) is 0.908. The third kappa shape index (κ3) is 1.56. The third-order valence-electron chi connectivity index (χ3n) is 1.49. The van der Waals surface area contributed by atoms with Gasteiger partial charge in [-0.15, -0.1) is 10.2 Å². The molecule has 0 unspecified atom stereocenters. The summed E-state index contributed by atoms with van der Waals surface area (Å²) in [7, 11) is 0. The largest absolute Gasteiger partial charge is 0.357 e. The van der Waals surface area contributed by atoms with Gasteiger partial charge in [0, 0.05) is 6.20 Å². The van der Waals surface area contributed by atoms with E-state index in [9.17, 15) is 4.79 Å². The second-order valence-corrected chi connectivity index (χ2v) is 2.39. The van der Waals surface area contributed by atoms with Gasteiger partial charge in [-0.25, -0.2) is 4.68 Å². The molecule has 1 amide bonds. The van der Waals surface area contributed by atoms with Crippen molar-refractivity contribution in [1.29, 1.82) is 0 Å². The Morgan fingerprint density at radius 2 is 2.23 bits per heavy atom. The van der Waals surface area contributed by atoms with Gasteiger partial charge in [0.2, 0.25) is 0 Å². The average molecular weight is 177 g/mol. The Morgan fingerprint density at radius 1 is 1.46 bits per heavy atom. The van der Waals surface area contributed by atoms with Crippen LogP contribution in [-0.2, 0) is 0 Å². The van der Waals surface area contributed by atoms with Crippen LogP contribution >= 0.6 is 0 Å². The molecule has 0 radical (unpaired) electrons. The second kappa shape index (κ2) is 3.10. The quantitative estimate of drug-likeness (QED) is 0.677. The fraction of sp³-hybridized carbons (Fsp3) is 0. The molecule has 0 atom stereocenters. The molecule has 0 aliphatic carbocycles. The Labute approximate surface area is 73.6 Å². The predicted molar refractivity (Wildman–Crippen MR) is 44.5 cm³/mol. The predicted octanol–water partition coefficient (Wildman–Crippen LogP) is -0.00990. The summed E-state index contributed by atoms with van der Waals surface area (Å²) in [5, 5.41) is 7.09. The summed E-state index contributed by atoms with van der Waals surface area (Å²) in [6.07, 6.45) is 4.49. The van der Waals surface area contributed by atoms with Gasteiger partial charge in [0.25, 0.3) is 5.91 Å². The van der Waals surface area contributed by atoms with Crippen LogP contribution in [-0.4, -0.2) is 25.8 Å². The smallest absolute Gasteiger partial charge is 0.286 e. The van der Waals surface area contributed by atoms with Crippen LogP contribution in [0, 0.1) is 0 Å². The van der Waals surface area contributed by atoms with Gasteiger partial charge in [-0.05, 0) is 12.1 Å². The Kier molecular flexibility index (Phi) is 1.79. The number of nitrogens with zero attached hydrogens (tertiary/aromatic N) is 3. The number of hydrogen-bond acceptors (Lipinski definition) is 3. The number of H-pyrrole nitrogens is 1. The molecule has 6 heteroatoms. The third-order valence-corrected chi connectivity index (χ3v) is 1.49. The number of carbonyl (C=O) groups excluding carboxylic acids is 1. The molecule has 0 spiro atoms. The maximum atomic E-state index is 11.4. The van der Waals surface area contributed by atoms with E-state index in [0.29, 0.717) is 5.69 Å². The zero-order valence-electron chi connectivity index (χ0n) is 6.64. The minimum Gasteiger partial charge on any atom is -0.357 e. The number of carbonyl (C=O) groups is 1. The van der Waals surface area contributed by atoms with Crippen molar-refractivity contribution in [2.45, 2.75) is 0 Å². The summed E-state index contributed by atoms with van der Waals surface area (Å²) in [6, 6.07) is 3.43. The highest BCUT2D eigenvalue weighted by Crippen LogP contribution is 1.94. The molecule has 0 saturated carbocycles. The highest BCUT2D eigenvalue weighted by molar-refractivity contribution is 5.98. The molecule has 0 aromatic carbocycles. The van der Waals surface area contributed by atoms with Crippen molar-refractivity contribution in [3.05, 3.63) is 36.7 Å². The van der Waals surface area contributed by atoms with Gasteiger partial charge in [-0.1, -0.05) is 0 Å². The number of rotatable bonds is 2. The second-order valence-electron chi connectivity index (χ2n) is 2.39. The highest BCUT2D eigenvalue weighted by atomic mass is 16.2. The van der Waals surface area contributed by atoms with Crippen molar-refractivity contribution in [2.75, 3.05) is 5.43 Å². The Balaban J connectivity index is 2.08. The summed E-state index contributed by atoms with van der Waals surface area (Å²) in [6.45, 7) is 0. The molecule has 2 heterocycles. The topological polar surface area (TPSA) is 75.6 Å². The highest BCUT2D eigenvalue weighted by Gasteiger charge is 2.04. The van der Waals surface area contributed by atoms with Gasteiger partial charge in [0.15, 0.2) is 0 Å². The van der Waals surface area contributed by atoms with E-state index in [4.69, 9.17) is 0 Å². The first-order valence-electron chi connectivity index (χ1n) is 3.65. The monoisotopic (exact) mass is 177 g/mol. The lowest BCUT2D eigenvalue weighted by molar-refractivity contribution is 0.100. The van der Waals surface area contributed by atoms with E-state index in [-0.39, 0.29) is 5.91 Å². The SMILES string of the molecule is O=C(Nn1cnnc1)c1ccc[nH]1. The van der Waals surface area contributed by atoms with Gasteiger partial charge in [0.05, 0.1) is 0 Å². The number of amides is 1. The van der Waals surface area contributed by atoms with Gasteiger partial charge >= 0.3 is 0 Å². The summed E-state index contributed by atoms with van der Waals surface area (Å²) in [5.41, 5.74) is 3.04. The minimum atomic E-state index is -0.232. The molecule has 2 aromatic heterocycles. The molecular formula is C7H7N5O. The van der Waals surface area contributed by atoms with Crippen molar-refractivity contribution in [1.82, 2.24) is 19.9 Å². The van der Waals surface area contributed by atoms with Crippen LogP contribution in [0.25, 0.3) is 0 Å². The number of aromatic amines is 1. The van der Waals surface area contributed by atoms with Gasteiger partial charge < -0.3 is 4.98 Å². The zero-order valence-corrected chi connectivity index (χ0v) is 6.64. The number of hydrogen-bond donors (Lipinski definition) is 2. The molecule has 0 aliphatic heterocycles. The Bertz CT molecular complexity index is 377. The average Bonchev–Trinajstić information content (AvgIpc) is 2.74. The van der Waals surface area contributed by atoms with E-state index in [1.54, 1.807) is 18.3 Å². The molecule has 2 rings (SSSR count). The van der Waals surface area contributed by atoms with Crippen molar-refractivity contribution in [3.8, 4) is 0 Å². The zero-order chi connectivity index (χ0) is 9.10.